The lowest BCUT2D eigenvalue weighted by Crippen LogP contribution is -2.41. The van der Waals surface area contributed by atoms with Crippen molar-refractivity contribution in [1.29, 1.82) is 0 Å². The Morgan fingerprint density at radius 3 is 2.39 bits per heavy atom. The number of carbonyl (C=O) groups excluding carboxylic acids is 1. The second-order valence-corrected chi connectivity index (χ2v) is 5.54. The Morgan fingerprint density at radius 1 is 1.22 bits per heavy atom. The van der Waals surface area contributed by atoms with Crippen LogP contribution in [0.15, 0.2) is 24.3 Å². The molecule has 0 aromatic heterocycles. The molecule has 96 valence electrons. The molecule has 1 aromatic rings. The fourth-order valence-electron chi connectivity index (χ4n) is 1.81. The molecule has 0 amide bonds. The van der Waals surface area contributed by atoms with Crippen LogP contribution < -0.4 is 5.46 Å². The van der Waals surface area contributed by atoms with Gasteiger partial charge in [-0.2, -0.15) is 0 Å². The van der Waals surface area contributed by atoms with Gasteiger partial charge < -0.3 is 9.31 Å². The van der Waals surface area contributed by atoms with Crippen LogP contribution in [0.2, 0.25) is 0 Å². The zero-order valence-electron chi connectivity index (χ0n) is 14.1. The Morgan fingerprint density at radius 2 is 1.83 bits per heavy atom. The number of hydrogen-bond donors (Lipinski definition) is 0. The Bertz CT molecular complexity index is 551. The predicted molar refractivity (Wildman–Crippen MR) is 72.2 cm³/mol. The summed E-state index contributed by atoms with van der Waals surface area (Å²) in [6, 6.07) is 6.41. The van der Waals surface area contributed by atoms with Crippen LogP contribution in [-0.2, 0) is 9.31 Å². The van der Waals surface area contributed by atoms with E-state index in [9.17, 15) is 4.79 Å². The highest BCUT2D eigenvalue weighted by atomic mass is 16.7. The number of hydrogen-bond acceptors (Lipinski definition) is 3. The van der Waals surface area contributed by atoms with Gasteiger partial charge in [0.2, 0.25) is 0 Å². The van der Waals surface area contributed by atoms with Gasteiger partial charge in [-0.1, -0.05) is 24.3 Å². The van der Waals surface area contributed by atoms with Crippen molar-refractivity contribution in [2.24, 2.45) is 0 Å². The van der Waals surface area contributed by atoms with Gasteiger partial charge in [-0.3, -0.25) is 4.79 Å². The summed E-state index contributed by atoms with van der Waals surface area (Å²) >= 11 is 0. The van der Waals surface area contributed by atoms with Gasteiger partial charge in [0.1, 0.15) is 0 Å². The van der Waals surface area contributed by atoms with E-state index in [0.29, 0.717) is 5.46 Å². The number of carbonyl (C=O) groups is 1. The smallest absolute Gasteiger partial charge is 0.399 e. The Labute approximate surface area is 113 Å². The second kappa shape index (κ2) is 4.21. The maximum absolute atomic E-state index is 11.8. The van der Waals surface area contributed by atoms with E-state index in [1.165, 1.54) is 12.1 Å². The zero-order chi connectivity index (χ0) is 16.1. The minimum Gasteiger partial charge on any atom is -0.399 e. The highest BCUT2D eigenvalue weighted by Crippen LogP contribution is 2.36. The summed E-state index contributed by atoms with van der Waals surface area (Å²) in [6.07, 6.45) is 0. The van der Waals surface area contributed by atoms with Crippen molar-refractivity contribution in [2.75, 3.05) is 0 Å². The summed E-state index contributed by atoms with van der Waals surface area (Å²) in [5.74, 6) is -0.874. The largest absolute Gasteiger partial charge is 0.494 e. The Kier molecular flexibility index (Phi) is 2.28. The molecule has 0 N–H and O–H groups in total. The van der Waals surface area contributed by atoms with E-state index >= 15 is 0 Å². The van der Waals surface area contributed by atoms with E-state index in [4.69, 9.17) is 13.4 Å². The van der Waals surface area contributed by atoms with Crippen molar-refractivity contribution in [3.8, 4) is 0 Å². The summed E-state index contributed by atoms with van der Waals surface area (Å²) in [6.45, 7) is 5.10. The lowest BCUT2D eigenvalue weighted by molar-refractivity contribution is 0.00578. The molecule has 4 heteroatoms. The van der Waals surface area contributed by atoms with Crippen molar-refractivity contribution in [3.63, 3.8) is 0 Å². The van der Waals surface area contributed by atoms with Gasteiger partial charge in [0.05, 0.1) is 11.2 Å². The van der Waals surface area contributed by atoms with Gasteiger partial charge >= 0.3 is 7.12 Å². The molecular weight excluding hydrogens is 227 g/mol. The van der Waals surface area contributed by atoms with E-state index in [1.54, 1.807) is 12.1 Å². The summed E-state index contributed by atoms with van der Waals surface area (Å²) in [4.78, 5) is 11.8. The van der Waals surface area contributed by atoms with Crippen LogP contribution in [0.1, 0.15) is 49.0 Å². The van der Waals surface area contributed by atoms with Crippen LogP contribution in [0, 0.1) is 0 Å². The number of rotatable bonds is 2. The number of ketones is 1. The molecule has 1 aliphatic rings. The maximum atomic E-state index is 11.8. The van der Waals surface area contributed by atoms with Gasteiger partial charge in [0.25, 0.3) is 0 Å². The van der Waals surface area contributed by atoms with E-state index in [-0.39, 0.29) is 5.56 Å². The minimum absolute atomic E-state index is 0.141. The van der Waals surface area contributed by atoms with Crippen LogP contribution in [0.5, 0.6) is 0 Å². The van der Waals surface area contributed by atoms with Crippen molar-refractivity contribution in [3.05, 3.63) is 29.8 Å². The summed E-state index contributed by atoms with van der Waals surface area (Å²) in [5.41, 5.74) is -0.186. The fourth-order valence-corrected chi connectivity index (χ4v) is 1.81. The zero-order valence-corrected chi connectivity index (χ0v) is 11.1. The predicted octanol–water partition coefficient (Wildman–Crippen LogP) is 2.19. The molecule has 1 aliphatic heterocycles. The average molecular weight is 249 g/mol. The standard InChI is InChI=1S/C14H19BO3/c1-10(16)11-7-6-8-12(9-11)15-17-13(2,3)14(4,5)18-15/h6-9H,1-5H3/i1D3. The monoisotopic (exact) mass is 249 g/mol. The number of Topliss-reactive ketones (excluding diaryl/α,β-unsaturated/α-hetero) is 1. The first-order chi connectivity index (χ1) is 9.44. The van der Waals surface area contributed by atoms with Gasteiger partial charge in [0.15, 0.2) is 5.78 Å². The van der Waals surface area contributed by atoms with E-state index in [2.05, 4.69) is 0 Å². The molecule has 1 aromatic carbocycles. The van der Waals surface area contributed by atoms with E-state index in [1.807, 2.05) is 27.7 Å². The first-order valence-corrected chi connectivity index (χ1v) is 5.94. The third-order valence-corrected chi connectivity index (χ3v) is 3.67. The van der Waals surface area contributed by atoms with Crippen LogP contribution in [0.4, 0.5) is 0 Å². The maximum Gasteiger partial charge on any atom is 0.494 e. The Hall–Kier alpha value is -1.13. The molecule has 0 atom stereocenters. The van der Waals surface area contributed by atoms with Crippen LogP contribution >= 0.6 is 0 Å². The fraction of sp³-hybridized carbons (Fsp3) is 0.500. The minimum atomic E-state index is -2.64. The van der Waals surface area contributed by atoms with Crippen molar-refractivity contribution in [1.82, 2.24) is 0 Å². The second-order valence-electron chi connectivity index (χ2n) is 5.54. The summed E-state index contributed by atoms with van der Waals surface area (Å²) in [5, 5.41) is 0. The summed E-state index contributed by atoms with van der Waals surface area (Å²) in [7, 11) is -0.612. The van der Waals surface area contributed by atoms with Crippen molar-refractivity contribution in [2.45, 2.75) is 45.7 Å². The van der Waals surface area contributed by atoms with Gasteiger partial charge in [-0.15, -0.1) is 0 Å². The third-order valence-electron chi connectivity index (χ3n) is 3.67. The molecule has 3 nitrogen and oxygen atoms in total. The molecule has 1 saturated heterocycles. The van der Waals surface area contributed by atoms with Crippen LogP contribution in [0.3, 0.4) is 0 Å². The van der Waals surface area contributed by atoms with Gasteiger partial charge in [0, 0.05) is 9.68 Å². The molecule has 0 spiro atoms. The summed E-state index contributed by atoms with van der Waals surface area (Å²) < 4.78 is 33.4. The third kappa shape index (κ3) is 2.23. The average Bonchev–Trinajstić information content (AvgIpc) is 2.57. The molecule has 0 saturated carbocycles. The SMILES string of the molecule is [2H]C([2H])([2H])C(=O)c1cccc(B2OC(C)(C)C(C)(C)O2)c1. The first-order valence-electron chi connectivity index (χ1n) is 7.44. The molecule has 0 radical (unpaired) electrons. The van der Waals surface area contributed by atoms with Gasteiger partial charge in [-0.25, -0.2) is 0 Å². The normalized spacial score (nSPS) is 24.2. The van der Waals surface area contributed by atoms with Crippen LogP contribution in [-0.4, -0.2) is 24.1 Å². The van der Waals surface area contributed by atoms with Crippen LogP contribution in [0.25, 0.3) is 0 Å². The van der Waals surface area contributed by atoms with Crippen molar-refractivity contribution >= 4 is 18.4 Å². The van der Waals surface area contributed by atoms with Crippen molar-refractivity contribution < 1.29 is 18.2 Å². The number of benzene rings is 1. The molecule has 18 heavy (non-hydrogen) atoms. The molecule has 0 unspecified atom stereocenters. The molecule has 1 fully saturated rings. The highest BCUT2D eigenvalue weighted by Gasteiger charge is 2.51. The lowest BCUT2D eigenvalue weighted by atomic mass is 9.78. The molecule has 0 bridgehead atoms. The topological polar surface area (TPSA) is 35.5 Å². The highest BCUT2D eigenvalue weighted by molar-refractivity contribution is 6.62. The molecular formula is C14H19BO3. The molecule has 1 heterocycles. The van der Waals surface area contributed by atoms with E-state index < -0.39 is 31.0 Å². The molecule has 0 aliphatic carbocycles. The lowest BCUT2D eigenvalue weighted by Gasteiger charge is -2.32. The Balaban J connectivity index is 2.30. The first kappa shape index (κ1) is 9.76. The van der Waals surface area contributed by atoms with E-state index in [0.717, 1.165) is 0 Å². The molecule has 2 rings (SSSR count). The quantitative estimate of drug-likeness (QED) is 0.595. The van der Waals surface area contributed by atoms with Gasteiger partial charge in [-0.05, 0) is 40.0 Å².